The van der Waals surface area contributed by atoms with Crippen molar-refractivity contribution in [3.63, 3.8) is 0 Å². The molecule has 64 heavy (non-hydrogen) atoms. The quantitative estimate of drug-likeness (QED) is 0.171. The molecule has 10 heteroatoms. The van der Waals surface area contributed by atoms with E-state index in [2.05, 4.69) is 30.3 Å². The maximum absolute atomic E-state index is 14.8. The number of halogens is 3. The molecule has 0 fully saturated rings. The summed E-state index contributed by atoms with van der Waals surface area (Å²) in [6.45, 7) is 0. The van der Waals surface area contributed by atoms with E-state index in [-0.39, 0.29) is 16.7 Å². The molecule has 10 aromatic rings. The molecule has 0 aliphatic carbocycles. The van der Waals surface area contributed by atoms with Gasteiger partial charge in [0.05, 0.1) is 97.2 Å². The zero-order valence-electron chi connectivity index (χ0n) is 33.3. The molecule has 0 unspecified atom stereocenters. The van der Waals surface area contributed by atoms with Crippen LogP contribution in [0.4, 0.5) is 13.2 Å². The summed E-state index contributed by atoms with van der Waals surface area (Å²) in [5, 5.41) is 53.3. The SMILES string of the molecule is N#Cc1ccc(-c2ccc3c(c2)c2ccccc2n3-c2cc(C#N)c(-c3ccccc3C(F)(F)F)cc2-n2c3ccccc3c3cc(-c4ccc(C#N)cc4C#N)ccc32)c(C#N)c1. The molecule has 0 saturated heterocycles. The first-order valence-corrected chi connectivity index (χ1v) is 19.9. The normalized spacial score (nSPS) is 11.3. The maximum Gasteiger partial charge on any atom is 0.417 e. The van der Waals surface area contributed by atoms with Gasteiger partial charge >= 0.3 is 6.18 Å². The summed E-state index contributed by atoms with van der Waals surface area (Å²) in [6, 6.07) is 56.3. The van der Waals surface area contributed by atoms with Crippen LogP contribution in [0.15, 0.2) is 158 Å². The second kappa shape index (κ2) is 14.9. The summed E-state index contributed by atoms with van der Waals surface area (Å²) in [4.78, 5) is 0. The van der Waals surface area contributed by atoms with E-state index in [1.165, 1.54) is 18.2 Å². The highest BCUT2D eigenvalue weighted by molar-refractivity contribution is 6.13. The van der Waals surface area contributed by atoms with Crippen LogP contribution in [0.2, 0.25) is 0 Å². The summed E-state index contributed by atoms with van der Waals surface area (Å²) in [7, 11) is 0. The highest BCUT2D eigenvalue weighted by Crippen LogP contribution is 2.45. The average molecular weight is 830 g/mol. The third-order valence-electron chi connectivity index (χ3n) is 11.7. The number of rotatable bonds is 5. The minimum Gasteiger partial charge on any atom is -0.307 e. The molecule has 0 N–H and O–H groups in total. The first-order valence-electron chi connectivity index (χ1n) is 19.9. The Hall–Kier alpha value is -9.40. The van der Waals surface area contributed by atoms with E-state index < -0.39 is 11.7 Å². The number of fused-ring (bicyclic) bond motifs is 6. The topological polar surface area (TPSA) is 129 Å². The molecular weight excluding hydrogens is 804 g/mol. The van der Waals surface area contributed by atoms with Gasteiger partial charge in [0.15, 0.2) is 0 Å². The first-order chi connectivity index (χ1) is 31.1. The Morgan fingerprint density at radius 3 is 1.28 bits per heavy atom. The summed E-state index contributed by atoms with van der Waals surface area (Å²) in [5.41, 5.74) is 7.23. The van der Waals surface area contributed by atoms with E-state index in [0.717, 1.165) is 55.3 Å². The number of nitrogens with zero attached hydrogens (tertiary/aromatic N) is 7. The number of alkyl halides is 3. The van der Waals surface area contributed by atoms with Gasteiger partial charge in [0.25, 0.3) is 0 Å². The number of hydrogen-bond acceptors (Lipinski definition) is 5. The Kier molecular flexibility index (Phi) is 9.06. The molecule has 298 valence electrons. The van der Waals surface area contributed by atoms with Crippen molar-refractivity contribution in [1.82, 2.24) is 9.13 Å². The van der Waals surface area contributed by atoms with Crippen LogP contribution in [-0.4, -0.2) is 9.13 Å². The molecule has 8 aromatic carbocycles. The lowest BCUT2D eigenvalue weighted by Crippen LogP contribution is -2.09. The molecule has 10 rings (SSSR count). The molecular formula is C54H26F3N7. The van der Waals surface area contributed by atoms with Crippen molar-refractivity contribution in [1.29, 1.82) is 26.3 Å². The predicted octanol–water partition coefficient (Wildman–Crippen LogP) is 13.3. The van der Waals surface area contributed by atoms with Gasteiger partial charge in [-0.15, -0.1) is 0 Å². The van der Waals surface area contributed by atoms with Gasteiger partial charge in [-0.1, -0.05) is 78.9 Å². The van der Waals surface area contributed by atoms with Crippen LogP contribution in [0.1, 0.15) is 33.4 Å². The van der Waals surface area contributed by atoms with E-state index in [0.29, 0.717) is 50.3 Å². The van der Waals surface area contributed by atoms with E-state index in [4.69, 9.17) is 0 Å². The van der Waals surface area contributed by atoms with Crippen LogP contribution in [-0.2, 0) is 6.18 Å². The summed E-state index contributed by atoms with van der Waals surface area (Å²) < 4.78 is 48.3. The Balaban J connectivity index is 1.31. The van der Waals surface area contributed by atoms with Gasteiger partial charge in [-0.3, -0.25) is 0 Å². The molecule has 0 aliphatic heterocycles. The van der Waals surface area contributed by atoms with Gasteiger partial charge in [-0.05, 0) is 107 Å². The van der Waals surface area contributed by atoms with Crippen LogP contribution in [0.5, 0.6) is 0 Å². The van der Waals surface area contributed by atoms with Crippen molar-refractivity contribution in [3.8, 4) is 75.1 Å². The minimum absolute atomic E-state index is 0.0298. The highest BCUT2D eigenvalue weighted by Gasteiger charge is 2.34. The third kappa shape index (κ3) is 6.09. The third-order valence-corrected chi connectivity index (χ3v) is 11.7. The van der Waals surface area contributed by atoms with Crippen molar-refractivity contribution in [2.24, 2.45) is 0 Å². The van der Waals surface area contributed by atoms with E-state index >= 15 is 0 Å². The van der Waals surface area contributed by atoms with Gasteiger partial charge < -0.3 is 9.13 Å². The van der Waals surface area contributed by atoms with Gasteiger partial charge in [0.2, 0.25) is 0 Å². The monoisotopic (exact) mass is 829 g/mol. The Labute approximate surface area is 363 Å². The van der Waals surface area contributed by atoms with Crippen LogP contribution >= 0.6 is 0 Å². The average Bonchev–Trinajstić information content (AvgIpc) is 3.84. The summed E-state index contributed by atoms with van der Waals surface area (Å²) >= 11 is 0. The first kappa shape index (κ1) is 38.8. The van der Waals surface area contributed by atoms with Crippen molar-refractivity contribution in [3.05, 3.63) is 191 Å². The van der Waals surface area contributed by atoms with Crippen molar-refractivity contribution < 1.29 is 13.2 Å². The van der Waals surface area contributed by atoms with Crippen molar-refractivity contribution in [2.45, 2.75) is 6.18 Å². The lowest BCUT2D eigenvalue weighted by molar-refractivity contribution is -0.137. The smallest absolute Gasteiger partial charge is 0.307 e. The number of para-hydroxylation sites is 2. The molecule has 2 aromatic heterocycles. The lowest BCUT2D eigenvalue weighted by Gasteiger charge is -2.21. The fourth-order valence-corrected chi connectivity index (χ4v) is 8.93. The van der Waals surface area contributed by atoms with Crippen molar-refractivity contribution in [2.75, 3.05) is 0 Å². The van der Waals surface area contributed by atoms with Crippen LogP contribution < -0.4 is 0 Å². The molecule has 0 atom stereocenters. The van der Waals surface area contributed by atoms with E-state index in [1.54, 1.807) is 48.5 Å². The van der Waals surface area contributed by atoms with Gasteiger partial charge in [-0.25, -0.2) is 0 Å². The molecule has 0 radical (unpaired) electrons. The number of nitriles is 5. The summed E-state index contributed by atoms with van der Waals surface area (Å²) in [6.07, 6.45) is -4.72. The van der Waals surface area contributed by atoms with Crippen molar-refractivity contribution >= 4 is 43.6 Å². The van der Waals surface area contributed by atoms with Crippen LogP contribution in [0.3, 0.4) is 0 Å². The Bertz CT molecular complexity index is 3850. The maximum atomic E-state index is 14.8. The van der Waals surface area contributed by atoms with E-state index in [9.17, 15) is 39.5 Å². The number of hydrogen-bond donors (Lipinski definition) is 0. The number of aromatic nitrogens is 2. The standard InChI is InChI=1S/C54H26F3N7/c55-54(56,57)47-10-4-1-7-41(47)44-26-53(64-49-12-6-3-9-43(49)46-24-35(16-20-51(46)64)40-18-14-33(28-59)22-37(40)30-61)52(25-38(44)31-62)63-48-11-5-2-8-42(48)45-23-34(15-19-50(45)63)39-17-13-32(27-58)21-36(39)29-60/h1-26H. The largest absolute Gasteiger partial charge is 0.417 e. The fourth-order valence-electron chi connectivity index (χ4n) is 8.93. The minimum atomic E-state index is -4.72. The molecule has 0 aliphatic rings. The van der Waals surface area contributed by atoms with Crippen LogP contribution in [0.25, 0.3) is 88.4 Å². The Morgan fingerprint density at radius 2 is 0.797 bits per heavy atom. The molecule has 7 nitrogen and oxygen atoms in total. The van der Waals surface area contributed by atoms with Gasteiger partial charge in [-0.2, -0.15) is 39.5 Å². The Morgan fingerprint density at radius 1 is 0.359 bits per heavy atom. The molecule has 2 heterocycles. The molecule has 0 amide bonds. The second-order valence-corrected chi connectivity index (χ2v) is 15.2. The van der Waals surface area contributed by atoms with Crippen LogP contribution in [0, 0.1) is 56.7 Å². The van der Waals surface area contributed by atoms with E-state index in [1.807, 2.05) is 94.1 Å². The summed E-state index contributed by atoms with van der Waals surface area (Å²) in [5.74, 6) is 0. The molecule has 0 spiro atoms. The lowest BCUT2D eigenvalue weighted by atomic mass is 9.94. The van der Waals surface area contributed by atoms with Gasteiger partial charge in [0.1, 0.15) is 0 Å². The van der Waals surface area contributed by atoms with Gasteiger partial charge in [0, 0.05) is 27.1 Å². The zero-order valence-corrected chi connectivity index (χ0v) is 33.3. The fraction of sp³-hybridized carbons (Fsp3) is 0.0185. The second-order valence-electron chi connectivity index (χ2n) is 15.2. The molecule has 0 bridgehead atoms. The molecule has 0 saturated carbocycles. The highest BCUT2D eigenvalue weighted by atomic mass is 19.4. The number of benzene rings is 8. The predicted molar refractivity (Wildman–Crippen MR) is 240 cm³/mol. The zero-order chi connectivity index (χ0) is 44.3.